The van der Waals surface area contributed by atoms with Gasteiger partial charge < -0.3 is 4.90 Å². The van der Waals surface area contributed by atoms with Crippen LogP contribution in [-0.2, 0) is 0 Å². The van der Waals surface area contributed by atoms with Crippen molar-refractivity contribution in [2.75, 3.05) is 13.1 Å². The zero-order valence-electron chi connectivity index (χ0n) is 11.2. The molecule has 104 valence electrons. The molecule has 3 heterocycles. The summed E-state index contributed by atoms with van der Waals surface area (Å²) in [6.45, 7) is 1.49. The first-order chi connectivity index (χ1) is 9.81. The van der Waals surface area contributed by atoms with Gasteiger partial charge in [-0.1, -0.05) is 0 Å². The quantitative estimate of drug-likeness (QED) is 0.921. The third kappa shape index (κ3) is 2.01. The van der Waals surface area contributed by atoms with Crippen LogP contribution in [-0.4, -0.2) is 43.9 Å². The van der Waals surface area contributed by atoms with Crippen molar-refractivity contribution in [3.63, 3.8) is 0 Å². The molecular weight excluding hydrogens is 254 g/mol. The van der Waals surface area contributed by atoms with Crippen molar-refractivity contribution in [2.45, 2.75) is 31.2 Å². The van der Waals surface area contributed by atoms with E-state index in [0.717, 1.165) is 18.7 Å². The van der Waals surface area contributed by atoms with Crippen molar-refractivity contribution in [3.05, 3.63) is 35.9 Å². The lowest BCUT2D eigenvalue weighted by Crippen LogP contribution is -2.29. The van der Waals surface area contributed by atoms with Crippen molar-refractivity contribution in [1.82, 2.24) is 24.9 Å². The van der Waals surface area contributed by atoms with Gasteiger partial charge in [-0.3, -0.25) is 14.6 Å². The molecule has 2 aliphatic rings. The van der Waals surface area contributed by atoms with Crippen LogP contribution in [0.25, 0.3) is 0 Å². The smallest absolute Gasteiger partial charge is 0.274 e. The van der Waals surface area contributed by atoms with Gasteiger partial charge in [-0.2, -0.15) is 10.2 Å². The lowest BCUT2D eigenvalue weighted by atomic mass is 10.2. The summed E-state index contributed by atoms with van der Waals surface area (Å²) < 4.78 is 1.94. The van der Waals surface area contributed by atoms with Crippen molar-refractivity contribution in [2.24, 2.45) is 0 Å². The minimum absolute atomic E-state index is 0.0304. The summed E-state index contributed by atoms with van der Waals surface area (Å²) in [4.78, 5) is 14.3. The van der Waals surface area contributed by atoms with Crippen LogP contribution in [0.15, 0.2) is 24.5 Å². The van der Waals surface area contributed by atoms with Gasteiger partial charge in [0.2, 0.25) is 0 Å². The summed E-state index contributed by atoms with van der Waals surface area (Å²) in [5.74, 6) is 0.627. The Morgan fingerprint density at radius 2 is 2.25 bits per heavy atom. The molecule has 0 spiro atoms. The third-order valence-corrected chi connectivity index (χ3v) is 4.18. The first kappa shape index (κ1) is 11.7. The maximum absolute atomic E-state index is 12.4. The summed E-state index contributed by atoms with van der Waals surface area (Å²) >= 11 is 0. The van der Waals surface area contributed by atoms with Crippen molar-refractivity contribution >= 4 is 5.91 Å². The summed E-state index contributed by atoms with van der Waals surface area (Å²) in [5.41, 5.74) is 1.66. The molecule has 1 aliphatic heterocycles. The molecule has 2 fully saturated rings. The summed E-state index contributed by atoms with van der Waals surface area (Å²) in [6, 6.07) is 4.12. The normalized spacial score (nSPS) is 22.4. The minimum Gasteiger partial charge on any atom is -0.335 e. The van der Waals surface area contributed by atoms with E-state index in [-0.39, 0.29) is 11.9 Å². The number of rotatable bonds is 3. The van der Waals surface area contributed by atoms with E-state index < -0.39 is 0 Å². The number of aromatic nitrogens is 4. The van der Waals surface area contributed by atoms with Crippen LogP contribution in [0, 0.1) is 0 Å². The van der Waals surface area contributed by atoms with Crippen LogP contribution in [0.2, 0.25) is 0 Å². The van der Waals surface area contributed by atoms with Crippen molar-refractivity contribution < 1.29 is 4.79 Å². The van der Waals surface area contributed by atoms with Gasteiger partial charge in [-0.25, -0.2) is 0 Å². The highest BCUT2D eigenvalue weighted by Gasteiger charge is 2.31. The minimum atomic E-state index is 0.0304. The second-order valence-electron chi connectivity index (χ2n) is 5.66. The predicted octanol–water partition coefficient (Wildman–Crippen LogP) is 1.57. The van der Waals surface area contributed by atoms with Crippen LogP contribution in [0.3, 0.4) is 0 Å². The molecule has 1 aliphatic carbocycles. The molecule has 1 amide bonds. The average Bonchev–Trinajstić information content (AvgIpc) is 2.97. The van der Waals surface area contributed by atoms with E-state index >= 15 is 0 Å². The van der Waals surface area contributed by atoms with Gasteiger partial charge >= 0.3 is 0 Å². The molecule has 2 aromatic heterocycles. The fourth-order valence-corrected chi connectivity index (χ4v) is 2.85. The van der Waals surface area contributed by atoms with E-state index in [0.29, 0.717) is 18.2 Å². The number of H-pyrrole nitrogens is 1. The Hall–Kier alpha value is -2.11. The number of carbonyl (C=O) groups is 1. The van der Waals surface area contributed by atoms with E-state index in [4.69, 9.17) is 0 Å². The van der Waals surface area contributed by atoms with Gasteiger partial charge in [0, 0.05) is 37.1 Å². The molecule has 0 aromatic carbocycles. The highest BCUT2D eigenvalue weighted by Crippen LogP contribution is 2.39. The third-order valence-electron chi connectivity index (χ3n) is 4.18. The van der Waals surface area contributed by atoms with Gasteiger partial charge in [0.15, 0.2) is 0 Å². The van der Waals surface area contributed by atoms with Crippen molar-refractivity contribution in [3.8, 4) is 0 Å². The topological polar surface area (TPSA) is 66.8 Å². The standard InChI is InChI=1S/C14H17N5O/c20-14(13-8-12(16-17-13)10-2-3-10)18-7-4-11(9-18)19-6-1-5-15-19/h1,5-6,8,10-11H,2-4,7,9H2,(H,16,17). The van der Waals surface area contributed by atoms with Crippen LogP contribution in [0.1, 0.15) is 47.4 Å². The summed E-state index contributed by atoms with van der Waals surface area (Å²) in [7, 11) is 0. The molecule has 1 saturated heterocycles. The number of likely N-dealkylation sites (tertiary alicyclic amines) is 1. The summed E-state index contributed by atoms with van der Waals surface area (Å²) in [5, 5.41) is 11.4. The molecule has 1 N–H and O–H groups in total. The highest BCUT2D eigenvalue weighted by atomic mass is 16.2. The first-order valence-corrected chi connectivity index (χ1v) is 7.15. The number of hydrogen-bond acceptors (Lipinski definition) is 3. The van der Waals surface area contributed by atoms with Crippen LogP contribution >= 0.6 is 0 Å². The Kier molecular flexibility index (Phi) is 2.61. The molecule has 0 radical (unpaired) electrons. The predicted molar refractivity (Wildman–Crippen MR) is 72.3 cm³/mol. The molecule has 1 saturated carbocycles. The lowest BCUT2D eigenvalue weighted by Gasteiger charge is -2.15. The molecule has 6 nitrogen and oxygen atoms in total. The van der Waals surface area contributed by atoms with Gasteiger partial charge in [-0.15, -0.1) is 0 Å². The van der Waals surface area contributed by atoms with Crippen molar-refractivity contribution in [1.29, 1.82) is 0 Å². The highest BCUT2D eigenvalue weighted by molar-refractivity contribution is 5.92. The van der Waals surface area contributed by atoms with Crippen LogP contribution < -0.4 is 0 Å². The molecule has 6 heteroatoms. The average molecular weight is 271 g/mol. The van der Waals surface area contributed by atoms with E-state index in [1.165, 1.54) is 12.8 Å². The Balaban J connectivity index is 1.46. The first-order valence-electron chi connectivity index (χ1n) is 7.15. The number of hydrogen-bond donors (Lipinski definition) is 1. The Morgan fingerprint density at radius 1 is 1.35 bits per heavy atom. The van der Waals surface area contributed by atoms with Crippen LogP contribution in [0.5, 0.6) is 0 Å². The summed E-state index contributed by atoms with van der Waals surface area (Å²) in [6.07, 6.45) is 7.10. The zero-order chi connectivity index (χ0) is 13.5. The van der Waals surface area contributed by atoms with Gasteiger partial charge in [0.05, 0.1) is 6.04 Å². The molecule has 2 aromatic rings. The second kappa shape index (κ2) is 4.47. The largest absolute Gasteiger partial charge is 0.335 e. The van der Waals surface area contributed by atoms with E-state index in [9.17, 15) is 4.79 Å². The number of carbonyl (C=O) groups excluding carboxylic acids is 1. The second-order valence-corrected chi connectivity index (χ2v) is 5.66. The van der Waals surface area contributed by atoms with Crippen LogP contribution in [0.4, 0.5) is 0 Å². The fraction of sp³-hybridized carbons (Fsp3) is 0.500. The number of nitrogens with one attached hydrogen (secondary N) is 1. The van der Waals surface area contributed by atoms with Gasteiger partial charge in [-0.05, 0) is 31.4 Å². The Labute approximate surface area is 116 Å². The molecule has 4 rings (SSSR count). The number of aromatic amines is 1. The van der Waals surface area contributed by atoms with E-state index in [1.807, 2.05) is 27.9 Å². The van der Waals surface area contributed by atoms with E-state index in [2.05, 4.69) is 15.3 Å². The lowest BCUT2D eigenvalue weighted by molar-refractivity contribution is 0.0781. The molecule has 1 unspecified atom stereocenters. The monoisotopic (exact) mass is 271 g/mol. The zero-order valence-corrected chi connectivity index (χ0v) is 11.2. The number of nitrogens with zero attached hydrogens (tertiary/aromatic N) is 4. The Bertz CT molecular complexity index is 613. The maximum atomic E-state index is 12.4. The molecule has 0 bridgehead atoms. The molecular formula is C14H17N5O. The van der Waals surface area contributed by atoms with E-state index in [1.54, 1.807) is 6.20 Å². The number of amides is 1. The van der Waals surface area contributed by atoms with Gasteiger partial charge in [0.1, 0.15) is 5.69 Å². The Morgan fingerprint density at radius 3 is 3.00 bits per heavy atom. The van der Waals surface area contributed by atoms with Gasteiger partial charge in [0.25, 0.3) is 5.91 Å². The fourth-order valence-electron chi connectivity index (χ4n) is 2.85. The maximum Gasteiger partial charge on any atom is 0.274 e. The molecule has 20 heavy (non-hydrogen) atoms. The molecule has 1 atom stereocenters. The SMILES string of the molecule is O=C(c1cc(C2CC2)[nH]n1)N1CCC(n2cccn2)C1.